The van der Waals surface area contributed by atoms with Crippen LogP contribution in [-0.4, -0.2) is 30.7 Å². The van der Waals surface area contributed by atoms with Crippen molar-refractivity contribution in [1.29, 1.82) is 0 Å². The molecule has 0 unspecified atom stereocenters. The molecular formula is C11H12FNO4. The highest BCUT2D eigenvalue weighted by Gasteiger charge is 2.10. The smallest absolute Gasteiger partial charge is 0.338 e. The molecule has 0 amide bonds. The van der Waals surface area contributed by atoms with Crippen LogP contribution >= 0.6 is 0 Å². The van der Waals surface area contributed by atoms with E-state index in [4.69, 9.17) is 5.11 Å². The number of carbonyl (C=O) groups is 2. The third-order valence-corrected chi connectivity index (χ3v) is 2.09. The van der Waals surface area contributed by atoms with Crippen LogP contribution in [0.1, 0.15) is 15.9 Å². The standard InChI is InChI=1S/C11H12FNO4/c1-17-10(14)6-13-5-7-2-3-8(11(15)16)9(12)4-7/h2-4,13H,5-6H2,1H3,(H,15,16). The molecule has 0 aliphatic rings. The summed E-state index contributed by atoms with van der Waals surface area (Å²) < 4.78 is 17.7. The molecule has 2 N–H and O–H groups in total. The van der Waals surface area contributed by atoms with Crippen LogP contribution in [0, 0.1) is 5.82 Å². The summed E-state index contributed by atoms with van der Waals surface area (Å²) in [6.07, 6.45) is 0. The molecule has 0 aliphatic heterocycles. The number of aromatic carboxylic acids is 1. The van der Waals surface area contributed by atoms with E-state index in [1.54, 1.807) is 0 Å². The van der Waals surface area contributed by atoms with Crippen molar-refractivity contribution in [3.8, 4) is 0 Å². The fraction of sp³-hybridized carbons (Fsp3) is 0.273. The zero-order valence-corrected chi connectivity index (χ0v) is 9.20. The molecule has 0 aromatic heterocycles. The summed E-state index contributed by atoms with van der Waals surface area (Å²) in [5, 5.41) is 11.4. The second kappa shape index (κ2) is 5.95. The average molecular weight is 241 g/mol. The minimum atomic E-state index is -1.31. The van der Waals surface area contributed by atoms with Gasteiger partial charge in [-0.3, -0.25) is 4.79 Å². The molecule has 5 nitrogen and oxygen atoms in total. The van der Waals surface area contributed by atoms with Crippen LogP contribution < -0.4 is 5.32 Å². The first kappa shape index (κ1) is 13.1. The van der Waals surface area contributed by atoms with E-state index in [0.29, 0.717) is 5.56 Å². The van der Waals surface area contributed by atoms with Gasteiger partial charge in [0.25, 0.3) is 0 Å². The van der Waals surface area contributed by atoms with Gasteiger partial charge in [-0.25, -0.2) is 9.18 Å². The van der Waals surface area contributed by atoms with E-state index in [0.717, 1.165) is 6.07 Å². The molecule has 0 spiro atoms. The van der Waals surface area contributed by atoms with Gasteiger partial charge in [-0.05, 0) is 17.7 Å². The first-order chi connectivity index (χ1) is 8.04. The summed E-state index contributed by atoms with van der Waals surface area (Å²) in [7, 11) is 1.27. The predicted octanol–water partition coefficient (Wildman–Crippen LogP) is 0.786. The molecular weight excluding hydrogens is 229 g/mol. The molecule has 92 valence electrons. The van der Waals surface area contributed by atoms with Crippen molar-refractivity contribution in [2.45, 2.75) is 6.54 Å². The van der Waals surface area contributed by atoms with Crippen molar-refractivity contribution in [3.63, 3.8) is 0 Å². The number of halogens is 1. The fourth-order valence-corrected chi connectivity index (χ4v) is 1.22. The first-order valence-corrected chi connectivity index (χ1v) is 4.84. The van der Waals surface area contributed by atoms with Gasteiger partial charge in [0.05, 0.1) is 19.2 Å². The minimum Gasteiger partial charge on any atom is -0.478 e. The number of benzene rings is 1. The Morgan fingerprint density at radius 1 is 1.47 bits per heavy atom. The van der Waals surface area contributed by atoms with E-state index < -0.39 is 17.8 Å². The maximum Gasteiger partial charge on any atom is 0.338 e. The molecule has 17 heavy (non-hydrogen) atoms. The van der Waals surface area contributed by atoms with Crippen molar-refractivity contribution >= 4 is 11.9 Å². The highest BCUT2D eigenvalue weighted by Crippen LogP contribution is 2.10. The Balaban J connectivity index is 2.59. The van der Waals surface area contributed by atoms with Crippen LogP contribution in [0.15, 0.2) is 18.2 Å². The van der Waals surface area contributed by atoms with Gasteiger partial charge in [-0.15, -0.1) is 0 Å². The maximum atomic E-state index is 13.3. The molecule has 0 fully saturated rings. The summed E-state index contributed by atoms with van der Waals surface area (Å²) in [5.41, 5.74) is 0.179. The van der Waals surface area contributed by atoms with Gasteiger partial charge >= 0.3 is 11.9 Å². The molecule has 0 aliphatic carbocycles. The van der Waals surface area contributed by atoms with Crippen LogP contribution in [0.3, 0.4) is 0 Å². The van der Waals surface area contributed by atoms with Gasteiger partial charge in [-0.2, -0.15) is 0 Å². The van der Waals surface area contributed by atoms with Gasteiger partial charge in [0.2, 0.25) is 0 Å². The SMILES string of the molecule is COC(=O)CNCc1ccc(C(=O)O)c(F)c1. The van der Waals surface area contributed by atoms with E-state index in [2.05, 4.69) is 10.1 Å². The number of esters is 1. The number of rotatable bonds is 5. The normalized spacial score (nSPS) is 10.0. The lowest BCUT2D eigenvalue weighted by molar-refractivity contribution is -0.139. The Morgan fingerprint density at radius 3 is 2.71 bits per heavy atom. The number of carboxylic acid groups (broad SMARTS) is 1. The highest BCUT2D eigenvalue weighted by molar-refractivity contribution is 5.87. The summed E-state index contributed by atoms with van der Waals surface area (Å²) in [6, 6.07) is 3.79. The minimum absolute atomic E-state index is 0.0127. The van der Waals surface area contributed by atoms with Crippen molar-refractivity contribution in [2.75, 3.05) is 13.7 Å². The Labute approximate surface area is 97.2 Å². The zero-order valence-electron chi connectivity index (χ0n) is 9.20. The van der Waals surface area contributed by atoms with Crippen molar-refractivity contribution < 1.29 is 23.8 Å². The van der Waals surface area contributed by atoms with Crippen molar-refractivity contribution in [1.82, 2.24) is 5.32 Å². The van der Waals surface area contributed by atoms with Crippen molar-refractivity contribution in [2.24, 2.45) is 0 Å². The van der Waals surface area contributed by atoms with Crippen LogP contribution in [0.5, 0.6) is 0 Å². The number of hydrogen-bond donors (Lipinski definition) is 2. The van der Waals surface area contributed by atoms with E-state index in [-0.39, 0.29) is 18.7 Å². The molecule has 1 aromatic rings. The lowest BCUT2D eigenvalue weighted by atomic mass is 10.1. The molecule has 0 radical (unpaired) electrons. The number of carbonyl (C=O) groups excluding carboxylic acids is 1. The summed E-state index contributed by atoms with van der Waals surface area (Å²) in [6.45, 7) is 0.269. The van der Waals surface area contributed by atoms with Crippen LogP contribution in [0.2, 0.25) is 0 Å². The lowest BCUT2D eigenvalue weighted by Crippen LogP contribution is -2.23. The third-order valence-electron chi connectivity index (χ3n) is 2.09. The third kappa shape index (κ3) is 3.84. The molecule has 0 heterocycles. The zero-order chi connectivity index (χ0) is 12.8. The van der Waals surface area contributed by atoms with Crippen molar-refractivity contribution in [3.05, 3.63) is 35.1 Å². The number of hydrogen-bond acceptors (Lipinski definition) is 4. The van der Waals surface area contributed by atoms with Crippen LogP contribution in [-0.2, 0) is 16.1 Å². The largest absolute Gasteiger partial charge is 0.478 e. The number of ether oxygens (including phenoxy) is 1. The average Bonchev–Trinajstić information content (AvgIpc) is 2.28. The molecule has 6 heteroatoms. The second-order valence-electron chi connectivity index (χ2n) is 3.30. The Bertz CT molecular complexity index is 433. The van der Waals surface area contributed by atoms with E-state index in [1.807, 2.05) is 0 Å². The fourth-order valence-electron chi connectivity index (χ4n) is 1.22. The quantitative estimate of drug-likeness (QED) is 0.745. The Morgan fingerprint density at radius 2 is 2.18 bits per heavy atom. The number of carboxylic acids is 1. The first-order valence-electron chi connectivity index (χ1n) is 4.84. The summed E-state index contributed by atoms with van der Waals surface area (Å²) >= 11 is 0. The van der Waals surface area contributed by atoms with Gasteiger partial charge in [0.1, 0.15) is 5.82 Å². The van der Waals surface area contributed by atoms with E-state index in [9.17, 15) is 14.0 Å². The number of methoxy groups -OCH3 is 1. The summed E-state index contributed by atoms with van der Waals surface area (Å²) in [5.74, 6) is -2.53. The summed E-state index contributed by atoms with van der Waals surface area (Å²) in [4.78, 5) is 21.3. The maximum absolute atomic E-state index is 13.3. The highest BCUT2D eigenvalue weighted by atomic mass is 19.1. The van der Waals surface area contributed by atoms with Crippen LogP contribution in [0.25, 0.3) is 0 Å². The predicted molar refractivity (Wildman–Crippen MR) is 57.1 cm³/mol. The Hall–Kier alpha value is -1.95. The topological polar surface area (TPSA) is 75.6 Å². The van der Waals surface area contributed by atoms with Gasteiger partial charge < -0.3 is 15.2 Å². The van der Waals surface area contributed by atoms with Gasteiger partial charge in [0, 0.05) is 6.54 Å². The van der Waals surface area contributed by atoms with Gasteiger partial charge in [-0.1, -0.05) is 6.07 Å². The molecule has 0 saturated heterocycles. The molecule has 0 bridgehead atoms. The van der Waals surface area contributed by atoms with Gasteiger partial charge in [0.15, 0.2) is 0 Å². The monoisotopic (exact) mass is 241 g/mol. The van der Waals surface area contributed by atoms with E-state index in [1.165, 1.54) is 19.2 Å². The van der Waals surface area contributed by atoms with Crippen LogP contribution in [0.4, 0.5) is 4.39 Å². The van der Waals surface area contributed by atoms with E-state index >= 15 is 0 Å². The lowest BCUT2D eigenvalue weighted by Gasteiger charge is -2.05. The molecule has 1 rings (SSSR count). The second-order valence-corrected chi connectivity index (χ2v) is 3.30. The molecule has 1 aromatic carbocycles. The Kier molecular flexibility index (Phi) is 4.59. The molecule has 0 saturated carbocycles. The molecule has 0 atom stereocenters. The number of nitrogens with one attached hydrogen (secondary N) is 1.